The number of benzene rings is 3. The summed E-state index contributed by atoms with van der Waals surface area (Å²) in [4.78, 5) is 16.6. The fourth-order valence-electron chi connectivity index (χ4n) is 4.71. The molecule has 0 saturated carbocycles. The molecular weight excluding hydrogens is 436 g/mol. The van der Waals surface area contributed by atoms with Gasteiger partial charge in [-0.05, 0) is 40.5 Å². The van der Waals surface area contributed by atoms with Gasteiger partial charge in [0.05, 0.1) is 5.56 Å². The third-order valence-corrected chi connectivity index (χ3v) is 6.70. The summed E-state index contributed by atoms with van der Waals surface area (Å²) in [6, 6.07) is 23.8. The largest absolute Gasteiger partial charge is 0.488 e. The molecule has 35 heavy (non-hydrogen) atoms. The van der Waals surface area contributed by atoms with Crippen LogP contribution in [-0.4, -0.2) is 60.1 Å². The number of ether oxygens (including phenoxy) is 1. The average Bonchev–Trinajstić information content (AvgIpc) is 3.05. The van der Waals surface area contributed by atoms with Gasteiger partial charge in [-0.25, -0.2) is 4.79 Å². The Labute approximate surface area is 206 Å². The molecule has 5 nitrogen and oxygen atoms in total. The average molecular weight is 467 g/mol. The Kier molecular flexibility index (Phi) is 7.07. The quantitative estimate of drug-likeness (QED) is 0.552. The van der Waals surface area contributed by atoms with Gasteiger partial charge in [0.1, 0.15) is 12.4 Å². The van der Waals surface area contributed by atoms with Crippen LogP contribution in [0.5, 0.6) is 5.75 Å². The molecule has 3 aromatic carbocycles. The Morgan fingerprint density at radius 1 is 0.857 bits per heavy atom. The highest BCUT2D eigenvalue weighted by atomic mass is 16.5. The highest BCUT2D eigenvalue weighted by Crippen LogP contribution is 2.37. The molecule has 0 aromatic heterocycles. The van der Waals surface area contributed by atoms with Crippen molar-refractivity contribution >= 4 is 17.6 Å². The van der Waals surface area contributed by atoms with Gasteiger partial charge in [-0.15, -0.1) is 0 Å². The smallest absolute Gasteiger partial charge is 0.335 e. The van der Waals surface area contributed by atoms with Crippen molar-refractivity contribution < 1.29 is 14.6 Å². The van der Waals surface area contributed by atoms with Crippen molar-refractivity contribution in [2.45, 2.75) is 6.61 Å². The zero-order chi connectivity index (χ0) is 24.0. The summed E-state index contributed by atoms with van der Waals surface area (Å²) < 4.78 is 6.05. The van der Waals surface area contributed by atoms with Crippen molar-refractivity contribution in [1.29, 1.82) is 0 Å². The van der Waals surface area contributed by atoms with Crippen molar-refractivity contribution in [2.24, 2.45) is 0 Å². The number of carboxylic acids is 1. The summed E-state index contributed by atoms with van der Waals surface area (Å²) in [5.41, 5.74) is 5.62. The highest BCUT2D eigenvalue weighted by molar-refractivity contribution is 5.92. The Morgan fingerprint density at radius 3 is 2.34 bits per heavy atom. The fraction of sp³-hybridized carbons (Fsp3) is 0.233. The SMILES string of the molecule is O=C(O)c1ccc2c(c1)/C(=C\CN1CCN(C/C=C/c3ccccc3)CC1)c1ccccc1CO2. The van der Waals surface area contributed by atoms with Crippen LogP contribution in [0.25, 0.3) is 11.6 Å². The van der Waals surface area contributed by atoms with Crippen LogP contribution in [0.2, 0.25) is 0 Å². The van der Waals surface area contributed by atoms with Crippen molar-refractivity contribution in [3.8, 4) is 5.75 Å². The van der Waals surface area contributed by atoms with E-state index in [1.807, 2.05) is 18.2 Å². The number of hydrogen-bond acceptors (Lipinski definition) is 4. The van der Waals surface area contributed by atoms with Crippen LogP contribution in [0.15, 0.2) is 84.9 Å². The van der Waals surface area contributed by atoms with Gasteiger partial charge in [-0.3, -0.25) is 9.80 Å². The molecule has 178 valence electrons. The number of rotatable bonds is 6. The monoisotopic (exact) mass is 466 g/mol. The van der Waals surface area contributed by atoms with E-state index in [0.29, 0.717) is 6.61 Å². The van der Waals surface area contributed by atoms with E-state index in [1.165, 1.54) is 5.56 Å². The van der Waals surface area contributed by atoms with E-state index in [-0.39, 0.29) is 5.56 Å². The summed E-state index contributed by atoms with van der Waals surface area (Å²) in [6.45, 7) is 6.31. The number of carbonyl (C=O) groups is 1. The molecule has 0 bridgehead atoms. The molecule has 0 amide bonds. The number of carboxylic acid groups (broad SMARTS) is 1. The molecule has 1 fully saturated rings. The van der Waals surface area contributed by atoms with E-state index in [4.69, 9.17) is 4.74 Å². The predicted octanol–water partition coefficient (Wildman–Crippen LogP) is 5.04. The lowest BCUT2D eigenvalue weighted by Crippen LogP contribution is -2.46. The Morgan fingerprint density at radius 2 is 1.57 bits per heavy atom. The molecule has 1 saturated heterocycles. The molecule has 0 unspecified atom stereocenters. The predicted molar refractivity (Wildman–Crippen MR) is 140 cm³/mol. The van der Waals surface area contributed by atoms with Gasteiger partial charge >= 0.3 is 5.97 Å². The third-order valence-electron chi connectivity index (χ3n) is 6.70. The third kappa shape index (κ3) is 5.53. The first-order valence-electron chi connectivity index (χ1n) is 12.1. The van der Waals surface area contributed by atoms with E-state index in [1.54, 1.807) is 18.2 Å². The summed E-state index contributed by atoms with van der Waals surface area (Å²) in [7, 11) is 0. The van der Waals surface area contributed by atoms with Gasteiger partial charge in [-0.2, -0.15) is 0 Å². The van der Waals surface area contributed by atoms with Gasteiger partial charge in [-0.1, -0.05) is 72.8 Å². The molecule has 0 aliphatic carbocycles. The molecule has 2 aliphatic heterocycles. The van der Waals surface area contributed by atoms with Crippen molar-refractivity contribution in [2.75, 3.05) is 39.3 Å². The van der Waals surface area contributed by atoms with Gasteiger partial charge in [0.2, 0.25) is 0 Å². The molecule has 0 atom stereocenters. The first kappa shape index (κ1) is 23.1. The van der Waals surface area contributed by atoms with Crippen LogP contribution in [0.4, 0.5) is 0 Å². The lowest BCUT2D eigenvalue weighted by Gasteiger charge is -2.33. The van der Waals surface area contributed by atoms with Crippen LogP contribution in [-0.2, 0) is 6.61 Å². The number of fused-ring (bicyclic) bond motifs is 2. The Bertz CT molecular complexity index is 1240. The normalized spacial score (nSPS) is 17.5. The van der Waals surface area contributed by atoms with E-state index in [9.17, 15) is 9.90 Å². The molecule has 0 radical (unpaired) electrons. The lowest BCUT2D eigenvalue weighted by molar-refractivity contribution is 0.0697. The van der Waals surface area contributed by atoms with Crippen LogP contribution >= 0.6 is 0 Å². The highest BCUT2D eigenvalue weighted by Gasteiger charge is 2.21. The maximum absolute atomic E-state index is 11.6. The first-order chi connectivity index (χ1) is 17.2. The second kappa shape index (κ2) is 10.7. The number of piperazine rings is 1. The summed E-state index contributed by atoms with van der Waals surface area (Å²) in [6.07, 6.45) is 6.67. The lowest BCUT2D eigenvalue weighted by atomic mass is 9.93. The molecule has 1 N–H and O–H groups in total. The minimum absolute atomic E-state index is 0.273. The summed E-state index contributed by atoms with van der Waals surface area (Å²) in [5.74, 6) is -0.199. The second-order valence-corrected chi connectivity index (χ2v) is 8.99. The topological polar surface area (TPSA) is 53.0 Å². The van der Waals surface area contributed by atoms with Gasteiger partial charge in [0.25, 0.3) is 0 Å². The molecule has 5 rings (SSSR count). The van der Waals surface area contributed by atoms with Crippen LogP contribution < -0.4 is 4.74 Å². The zero-order valence-electron chi connectivity index (χ0n) is 19.8. The fourth-order valence-corrected chi connectivity index (χ4v) is 4.71. The maximum Gasteiger partial charge on any atom is 0.335 e. The molecular formula is C30H30N2O3. The number of aromatic carboxylic acids is 1. The number of nitrogens with zero attached hydrogens (tertiary/aromatic N) is 2. The van der Waals surface area contributed by atoms with Crippen molar-refractivity contribution in [3.05, 3.63) is 113 Å². The summed E-state index contributed by atoms with van der Waals surface area (Å²) in [5, 5.41) is 9.55. The van der Waals surface area contributed by atoms with Gasteiger partial charge < -0.3 is 9.84 Å². The molecule has 0 spiro atoms. The van der Waals surface area contributed by atoms with E-state index in [0.717, 1.165) is 67.3 Å². The van der Waals surface area contributed by atoms with E-state index in [2.05, 4.69) is 64.4 Å². The van der Waals surface area contributed by atoms with E-state index >= 15 is 0 Å². The van der Waals surface area contributed by atoms with Gasteiger partial charge in [0.15, 0.2) is 0 Å². The zero-order valence-corrected chi connectivity index (χ0v) is 19.8. The van der Waals surface area contributed by atoms with Crippen LogP contribution in [0, 0.1) is 0 Å². The molecule has 3 aromatic rings. The maximum atomic E-state index is 11.6. The van der Waals surface area contributed by atoms with Crippen LogP contribution in [0.3, 0.4) is 0 Å². The minimum atomic E-state index is -0.929. The van der Waals surface area contributed by atoms with Crippen LogP contribution in [0.1, 0.15) is 32.6 Å². The Balaban J connectivity index is 1.29. The molecule has 2 aliphatic rings. The first-order valence-corrected chi connectivity index (χ1v) is 12.1. The van der Waals surface area contributed by atoms with E-state index < -0.39 is 5.97 Å². The van der Waals surface area contributed by atoms with Gasteiger partial charge in [0, 0.05) is 44.8 Å². The number of hydrogen-bond donors (Lipinski definition) is 1. The Hall–Kier alpha value is -3.67. The second-order valence-electron chi connectivity index (χ2n) is 8.99. The standard InChI is InChI=1S/C30H30N2O3/c33-30(34)24-12-13-29-28(21-24)27(26-11-5-4-10-25(26)22-35-29)14-16-32-19-17-31(18-20-32)15-6-9-23-7-2-1-3-8-23/h1-14,21H,15-20,22H2,(H,33,34)/b9-6+,27-14-. The molecule has 5 heteroatoms. The van der Waals surface area contributed by atoms with Crippen molar-refractivity contribution in [3.63, 3.8) is 0 Å². The minimum Gasteiger partial charge on any atom is -0.488 e. The molecule has 2 heterocycles. The van der Waals surface area contributed by atoms with Crippen molar-refractivity contribution in [1.82, 2.24) is 9.80 Å². The summed E-state index contributed by atoms with van der Waals surface area (Å²) >= 11 is 0.